The molecule has 3 aliphatic rings. The van der Waals surface area contributed by atoms with Crippen LogP contribution in [0.1, 0.15) is 68.6 Å². The van der Waals surface area contributed by atoms with Crippen LogP contribution in [-0.4, -0.2) is 36.2 Å². The molecule has 6 nitrogen and oxygen atoms in total. The molecule has 0 aromatic heterocycles. The van der Waals surface area contributed by atoms with E-state index in [1.54, 1.807) is 4.90 Å². The van der Waals surface area contributed by atoms with Crippen LogP contribution < -0.4 is 10.1 Å². The maximum Gasteiger partial charge on any atom is 0.415 e. The maximum atomic E-state index is 12.9. The van der Waals surface area contributed by atoms with Gasteiger partial charge in [0.2, 0.25) is 0 Å². The fourth-order valence-corrected chi connectivity index (χ4v) is 6.29. The van der Waals surface area contributed by atoms with E-state index in [0.717, 1.165) is 57.2 Å². The molecule has 5 rings (SSSR count). The fraction of sp³-hybridized carbons (Fsp3) is 0.517. The lowest BCUT2D eigenvalue weighted by Gasteiger charge is -2.49. The van der Waals surface area contributed by atoms with Gasteiger partial charge in [0.15, 0.2) is 0 Å². The molecule has 186 valence electrons. The van der Waals surface area contributed by atoms with Gasteiger partial charge < -0.3 is 19.7 Å². The van der Waals surface area contributed by atoms with Gasteiger partial charge in [-0.3, -0.25) is 0 Å². The second-order valence-electron chi connectivity index (χ2n) is 10.5. The van der Waals surface area contributed by atoms with Crippen molar-refractivity contribution in [1.82, 2.24) is 10.2 Å². The predicted molar refractivity (Wildman–Crippen MR) is 134 cm³/mol. The first kappa shape index (κ1) is 23.7. The van der Waals surface area contributed by atoms with E-state index in [0.29, 0.717) is 11.7 Å². The first-order chi connectivity index (χ1) is 17.0. The van der Waals surface area contributed by atoms with Crippen LogP contribution in [0, 0.1) is 5.92 Å². The van der Waals surface area contributed by atoms with E-state index >= 15 is 0 Å². The van der Waals surface area contributed by atoms with E-state index in [4.69, 9.17) is 9.47 Å². The minimum Gasteiger partial charge on any atom is -0.445 e. The number of carbonyl (C=O) groups is 2. The zero-order valence-electron chi connectivity index (χ0n) is 20.6. The number of hydrogen-bond donors (Lipinski definition) is 1. The number of ether oxygens (including phenoxy) is 2. The van der Waals surface area contributed by atoms with Gasteiger partial charge >= 0.3 is 12.2 Å². The minimum absolute atomic E-state index is 0.0249. The van der Waals surface area contributed by atoms with Crippen LogP contribution in [-0.2, 0) is 23.2 Å². The van der Waals surface area contributed by atoms with Gasteiger partial charge in [-0.05, 0) is 66.8 Å². The third-order valence-corrected chi connectivity index (χ3v) is 8.16. The zero-order valence-corrected chi connectivity index (χ0v) is 20.6. The van der Waals surface area contributed by atoms with E-state index in [1.165, 1.54) is 24.0 Å². The Morgan fingerprint density at radius 2 is 1.83 bits per heavy atom. The van der Waals surface area contributed by atoms with Crippen molar-refractivity contribution in [1.29, 1.82) is 0 Å². The highest BCUT2D eigenvalue weighted by Crippen LogP contribution is 2.47. The smallest absolute Gasteiger partial charge is 0.415 e. The lowest BCUT2D eigenvalue weighted by Crippen LogP contribution is -2.57. The molecule has 1 aliphatic heterocycles. The van der Waals surface area contributed by atoms with Crippen LogP contribution >= 0.6 is 0 Å². The molecule has 0 unspecified atom stereocenters. The Hall–Kier alpha value is -3.02. The van der Waals surface area contributed by atoms with Gasteiger partial charge in [-0.2, -0.15) is 0 Å². The van der Waals surface area contributed by atoms with Gasteiger partial charge in [0, 0.05) is 24.5 Å². The van der Waals surface area contributed by atoms with E-state index in [-0.39, 0.29) is 30.3 Å². The van der Waals surface area contributed by atoms with E-state index < -0.39 is 0 Å². The van der Waals surface area contributed by atoms with Crippen LogP contribution in [0.25, 0.3) is 0 Å². The maximum absolute atomic E-state index is 12.9. The highest BCUT2D eigenvalue weighted by molar-refractivity contribution is 5.71. The summed E-state index contributed by atoms with van der Waals surface area (Å²) in [7, 11) is 0. The van der Waals surface area contributed by atoms with Crippen molar-refractivity contribution in [3.8, 4) is 5.75 Å². The minimum atomic E-state index is -0.365. The number of nitrogens with zero attached hydrogens (tertiary/aromatic N) is 1. The van der Waals surface area contributed by atoms with Gasteiger partial charge in [-0.15, -0.1) is 0 Å². The quantitative estimate of drug-likeness (QED) is 0.590. The number of hydrogen-bond acceptors (Lipinski definition) is 4. The summed E-state index contributed by atoms with van der Waals surface area (Å²) in [5.74, 6) is 0.947. The van der Waals surface area contributed by atoms with Crippen LogP contribution in [0.5, 0.6) is 5.75 Å². The molecule has 2 amide bonds. The highest BCUT2D eigenvalue weighted by Gasteiger charge is 2.47. The lowest BCUT2D eigenvalue weighted by atomic mass is 9.59. The van der Waals surface area contributed by atoms with Gasteiger partial charge in [-0.25, -0.2) is 9.59 Å². The molecule has 2 aromatic rings. The Kier molecular flexibility index (Phi) is 6.98. The number of nitrogens with one attached hydrogen (secondary N) is 1. The van der Waals surface area contributed by atoms with Crippen molar-refractivity contribution >= 4 is 12.2 Å². The van der Waals surface area contributed by atoms with Crippen LogP contribution in [0.2, 0.25) is 0 Å². The largest absolute Gasteiger partial charge is 0.445 e. The summed E-state index contributed by atoms with van der Waals surface area (Å²) in [5.41, 5.74) is 3.22. The molecule has 2 fully saturated rings. The molecule has 1 heterocycles. The number of carbonyl (C=O) groups excluding carboxylic acids is 2. The van der Waals surface area contributed by atoms with Crippen molar-refractivity contribution in [2.24, 2.45) is 5.92 Å². The Morgan fingerprint density at radius 1 is 1.03 bits per heavy atom. The molecule has 6 heteroatoms. The highest BCUT2D eigenvalue weighted by atomic mass is 16.6. The van der Waals surface area contributed by atoms with Gasteiger partial charge in [0.25, 0.3) is 0 Å². The molecule has 2 aromatic carbocycles. The third kappa shape index (κ3) is 5.16. The molecule has 1 saturated heterocycles. The topological polar surface area (TPSA) is 67.9 Å². The van der Waals surface area contributed by atoms with E-state index in [9.17, 15) is 9.59 Å². The lowest BCUT2D eigenvalue weighted by molar-refractivity contribution is 0.110. The number of fused-ring (bicyclic) bond motifs is 4. The third-order valence-electron chi connectivity index (χ3n) is 8.16. The molecule has 0 spiro atoms. The average Bonchev–Trinajstić information content (AvgIpc) is 3.41. The molecule has 1 saturated carbocycles. The number of rotatable bonds is 4. The summed E-state index contributed by atoms with van der Waals surface area (Å²) < 4.78 is 11.4. The van der Waals surface area contributed by atoms with Gasteiger partial charge in [-0.1, -0.05) is 62.6 Å². The molecule has 2 aliphatic carbocycles. The van der Waals surface area contributed by atoms with Crippen molar-refractivity contribution in [2.45, 2.75) is 76.4 Å². The monoisotopic (exact) mass is 476 g/mol. The molecule has 0 radical (unpaired) electrons. The fourth-order valence-electron chi connectivity index (χ4n) is 6.29. The van der Waals surface area contributed by atoms with E-state index in [2.05, 4.69) is 18.3 Å². The molecule has 1 N–H and O–H groups in total. The van der Waals surface area contributed by atoms with E-state index in [1.807, 2.05) is 42.5 Å². The SMILES string of the molecule is C[C@@]12CCCCC[C@@H](Cc3ccc(OC(=O)N4CCCC4)cc31)[C@@H]2NC(=O)OCc1ccccc1. The van der Waals surface area contributed by atoms with Crippen molar-refractivity contribution in [3.05, 3.63) is 65.2 Å². The Morgan fingerprint density at radius 3 is 2.63 bits per heavy atom. The van der Waals surface area contributed by atoms with Crippen LogP contribution in [0.4, 0.5) is 9.59 Å². The standard InChI is InChI=1S/C29H36N2O4/c1-29-15-7-3-6-12-23(26(29)30-27(32)34-20-21-10-4-2-5-11-21)18-22-13-14-24(19-25(22)29)35-28(33)31-16-8-9-17-31/h2,4-5,10-11,13-14,19,23,26H,3,6-9,12,15-18,20H2,1H3,(H,30,32)/t23-,26-,29+/m0/s1. The Labute approximate surface area is 208 Å². The predicted octanol–water partition coefficient (Wildman–Crippen LogP) is 5.97. The number of likely N-dealkylation sites (tertiary alicyclic amines) is 1. The Bertz CT molecular complexity index is 1050. The normalized spacial score (nSPS) is 25.7. The second kappa shape index (κ2) is 10.3. The molecule has 35 heavy (non-hydrogen) atoms. The molecular weight excluding hydrogens is 440 g/mol. The molecule has 2 bridgehead atoms. The summed E-state index contributed by atoms with van der Waals surface area (Å²) in [6.45, 7) is 4.05. The summed E-state index contributed by atoms with van der Waals surface area (Å²) in [4.78, 5) is 27.3. The van der Waals surface area contributed by atoms with Crippen molar-refractivity contribution in [2.75, 3.05) is 13.1 Å². The summed E-state index contributed by atoms with van der Waals surface area (Å²) >= 11 is 0. The van der Waals surface area contributed by atoms with Crippen molar-refractivity contribution in [3.63, 3.8) is 0 Å². The first-order valence-electron chi connectivity index (χ1n) is 13.1. The summed E-state index contributed by atoms with van der Waals surface area (Å²) in [6.07, 6.45) is 7.91. The molecular formula is C29H36N2O4. The molecule has 3 atom stereocenters. The zero-order chi connectivity index (χ0) is 24.3. The van der Waals surface area contributed by atoms with Crippen LogP contribution in [0.3, 0.4) is 0 Å². The average molecular weight is 477 g/mol. The summed E-state index contributed by atoms with van der Waals surface area (Å²) in [5, 5.41) is 3.27. The number of benzene rings is 2. The first-order valence-corrected chi connectivity index (χ1v) is 13.1. The summed E-state index contributed by atoms with van der Waals surface area (Å²) in [6, 6.07) is 15.8. The number of alkyl carbamates (subject to hydrolysis) is 1. The van der Waals surface area contributed by atoms with Gasteiger partial charge in [0.1, 0.15) is 12.4 Å². The van der Waals surface area contributed by atoms with Gasteiger partial charge in [0.05, 0.1) is 0 Å². The number of amides is 2. The Balaban J connectivity index is 1.36. The van der Waals surface area contributed by atoms with Crippen LogP contribution in [0.15, 0.2) is 48.5 Å². The second-order valence-corrected chi connectivity index (χ2v) is 10.5. The van der Waals surface area contributed by atoms with Crippen molar-refractivity contribution < 1.29 is 19.1 Å².